The number of rotatable bonds is 2. The molecule has 0 saturated heterocycles. The van der Waals surface area contributed by atoms with Crippen molar-refractivity contribution in [2.75, 3.05) is 0 Å². The van der Waals surface area contributed by atoms with Crippen molar-refractivity contribution in [3.8, 4) is 11.1 Å². The van der Waals surface area contributed by atoms with E-state index in [1.54, 1.807) is 0 Å². The normalized spacial score (nSPS) is 12.9. The average Bonchev–Trinajstić information content (AvgIpc) is 2.99. The van der Waals surface area contributed by atoms with E-state index >= 15 is 0 Å². The smallest absolute Gasteiger partial charge is 0.00135 e. The van der Waals surface area contributed by atoms with Crippen LogP contribution in [0, 0.1) is 0 Å². The van der Waals surface area contributed by atoms with Crippen LogP contribution < -0.4 is 0 Å². The van der Waals surface area contributed by atoms with Gasteiger partial charge in [0.25, 0.3) is 0 Å². The fourth-order valence-corrected chi connectivity index (χ4v) is 3.09. The lowest BCUT2D eigenvalue weighted by Crippen LogP contribution is -1.90. The minimum atomic E-state index is 1.03. The first-order valence-corrected chi connectivity index (χ1v) is 7.35. The summed E-state index contributed by atoms with van der Waals surface area (Å²) in [6.45, 7) is 0. The van der Waals surface area contributed by atoms with E-state index < -0.39 is 0 Å². The van der Waals surface area contributed by atoms with Crippen LogP contribution in [0.25, 0.3) is 22.8 Å². The second-order valence-electron chi connectivity index (χ2n) is 5.46. The number of hydrogen-bond acceptors (Lipinski definition) is 0. The van der Waals surface area contributed by atoms with Crippen LogP contribution in [0.4, 0.5) is 0 Å². The summed E-state index contributed by atoms with van der Waals surface area (Å²) in [5.74, 6) is 0. The first kappa shape index (κ1) is 12.2. The third kappa shape index (κ3) is 2.19. The lowest BCUT2D eigenvalue weighted by molar-refractivity contribution is 1.32. The van der Waals surface area contributed by atoms with Gasteiger partial charge in [0, 0.05) is 0 Å². The Bertz CT molecular complexity index is 810. The Balaban J connectivity index is 1.82. The number of benzene rings is 3. The van der Waals surface area contributed by atoms with Gasteiger partial charge in [-0.3, -0.25) is 0 Å². The summed E-state index contributed by atoms with van der Waals surface area (Å²) >= 11 is 0. The summed E-state index contributed by atoms with van der Waals surface area (Å²) in [6, 6.07) is 28.0. The molecule has 0 spiro atoms. The van der Waals surface area contributed by atoms with Gasteiger partial charge in [0.15, 0.2) is 0 Å². The summed E-state index contributed by atoms with van der Waals surface area (Å²) in [5, 5.41) is 0. The SMILES string of the molecule is C1=C(c2ccccc2-c2ccccc2)Cc2ccccc21. The zero-order chi connectivity index (χ0) is 14.1. The molecule has 0 atom stereocenters. The van der Waals surface area contributed by atoms with Crippen LogP contribution in [0.15, 0.2) is 78.9 Å². The van der Waals surface area contributed by atoms with Crippen molar-refractivity contribution in [3.63, 3.8) is 0 Å². The van der Waals surface area contributed by atoms with E-state index in [1.165, 1.54) is 33.4 Å². The van der Waals surface area contributed by atoms with Crippen LogP contribution in [0.2, 0.25) is 0 Å². The molecule has 0 radical (unpaired) electrons. The van der Waals surface area contributed by atoms with E-state index in [1.807, 2.05) is 0 Å². The summed E-state index contributed by atoms with van der Waals surface area (Å²) < 4.78 is 0. The summed E-state index contributed by atoms with van der Waals surface area (Å²) in [7, 11) is 0. The van der Waals surface area contributed by atoms with Crippen LogP contribution in [0.3, 0.4) is 0 Å². The van der Waals surface area contributed by atoms with Crippen molar-refractivity contribution >= 4 is 11.6 Å². The first-order valence-electron chi connectivity index (χ1n) is 7.35. The molecule has 0 heteroatoms. The van der Waals surface area contributed by atoms with Gasteiger partial charge in [-0.15, -0.1) is 0 Å². The van der Waals surface area contributed by atoms with Crippen molar-refractivity contribution in [2.24, 2.45) is 0 Å². The second-order valence-corrected chi connectivity index (χ2v) is 5.46. The van der Waals surface area contributed by atoms with Gasteiger partial charge in [-0.2, -0.15) is 0 Å². The van der Waals surface area contributed by atoms with Crippen LogP contribution in [-0.4, -0.2) is 0 Å². The topological polar surface area (TPSA) is 0 Å². The zero-order valence-electron chi connectivity index (χ0n) is 11.8. The van der Waals surface area contributed by atoms with Crippen LogP contribution >= 0.6 is 0 Å². The molecule has 0 nitrogen and oxygen atoms in total. The minimum Gasteiger partial charge on any atom is -0.0622 e. The summed E-state index contributed by atoms with van der Waals surface area (Å²) in [4.78, 5) is 0. The number of hydrogen-bond donors (Lipinski definition) is 0. The Labute approximate surface area is 125 Å². The highest BCUT2D eigenvalue weighted by molar-refractivity contribution is 5.93. The predicted molar refractivity (Wildman–Crippen MR) is 89.9 cm³/mol. The van der Waals surface area contributed by atoms with E-state index in [9.17, 15) is 0 Å². The van der Waals surface area contributed by atoms with Gasteiger partial charge in [0.05, 0.1) is 0 Å². The number of fused-ring (bicyclic) bond motifs is 1. The van der Waals surface area contributed by atoms with Gasteiger partial charge >= 0.3 is 0 Å². The molecule has 0 aromatic heterocycles. The Morgan fingerprint density at radius 1 is 0.571 bits per heavy atom. The van der Waals surface area contributed by atoms with Crippen LogP contribution in [-0.2, 0) is 6.42 Å². The third-order valence-corrected chi connectivity index (χ3v) is 4.12. The second kappa shape index (κ2) is 5.06. The molecule has 3 aromatic rings. The molecule has 0 aliphatic heterocycles. The van der Waals surface area contributed by atoms with Crippen molar-refractivity contribution in [2.45, 2.75) is 6.42 Å². The maximum absolute atomic E-state index is 2.33. The summed E-state index contributed by atoms with van der Waals surface area (Å²) in [5.41, 5.74) is 8.14. The molecule has 21 heavy (non-hydrogen) atoms. The van der Waals surface area contributed by atoms with E-state index in [0.29, 0.717) is 0 Å². The number of allylic oxidation sites excluding steroid dienone is 1. The predicted octanol–water partition coefficient (Wildman–Crippen LogP) is 5.45. The fraction of sp³-hybridized carbons (Fsp3) is 0.0476. The highest BCUT2D eigenvalue weighted by Crippen LogP contribution is 2.36. The van der Waals surface area contributed by atoms with Crippen molar-refractivity contribution in [1.82, 2.24) is 0 Å². The Hall–Kier alpha value is -2.60. The molecule has 0 amide bonds. The zero-order valence-corrected chi connectivity index (χ0v) is 11.8. The highest BCUT2D eigenvalue weighted by atomic mass is 14.2. The summed E-state index contributed by atoms with van der Waals surface area (Å²) in [6.07, 6.45) is 3.36. The van der Waals surface area contributed by atoms with Crippen molar-refractivity contribution < 1.29 is 0 Å². The van der Waals surface area contributed by atoms with E-state index in [0.717, 1.165) is 6.42 Å². The molecule has 1 aliphatic carbocycles. The van der Waals surface area contributed by atoms with Crippen LogP contribution in [0.5, 0.6) is 0 Å². The molecule has 4 rings (SSSR count). The molecule has 100 valence electrons. The van der Waals surface area contributed by atoms with Gasteiger partial charge < -0.3 is 0 Å². The van der Waals surface area contributed by atoms with Gasteiger partial charge in [0.2, 0.25) is 0 Å². The Morgan fingerprint density at radius 2 is 1.24 bits per heavy atom. The van der Waals surface area contributed by atoms with Gasteiger partial charge in [-0.1, -0.05) is 84.9 Å². The molecule has 0 heterocycles. The van der Waals surface area contributed by atoms with E-state index in [-0.39, 0.29) is 0 Å². The maximum atomic E-state index is 2.33. The van der Waals surface area contributed by atoms with E-state index in [2.05, 4.69) is 84.9 Å². The maximum Gasteiger partial charge on any atom is -0.00135 e. The molecular weight excluding hydrogens is 252 g/mol. The van der Waals surface area contributed by atoms with Crippen LogP contribution in [0.1, 0.15) is 16.7 Å². The molecule has 0 bridgehead atoms. The molecule has 0 saturated carbocycles. The average molecular weight is 268 g/mol. The quantitative estimate of drug-likeness (QED) is 0.579. The van der Waals surface area contributed by atoms with E-state index in [4.69, 9.17) is 0 Å². The van der Waals surface area contributed by atoms with Crippen molar-refractivity contribution in [3.05, 3.63) is 95.6 Å². The lowest BCUT2D eigenvalue weighted by atomic mass is 9.93. The Kier molecular flexibility index (Phi) is 2.93. The first-order chi connectivity index (χ1) is 10.4. The minimum absolute atomic E-state index is 1.03. The molecule has 1 aliphatic rings. The molecule has 3 aromatic carbocycles. The molecule has 0 N–H and O–H groups in total. The highest BCUT2D eigenvalue weighted by Gasteiger charge is 2.16. The third-order valence-electron chi connectivity index (χ3n) is 4.12. The lowest BCUT2D eigenvalue weighted by Gasteiger charge is -2.10. The molecule has 0 unspecified atom stereocenters. The Morgan fingerprint density at radius 3 is 2.05 bits per heavy atom. The van der Waals surface area contributed by atoms with Crippen molar-refractivity contribution in [1.29, 1.82) is 0 Å². The van der Waals surface area contributed by atoms with Gasteiger partial charge in [-0.25, -0.2) is 0 Å². The monoisotopic (exact) mass is 268 g/mol. The largest absolute Gasteiger partial charge is 0.0622 e. The molecular formula is C21H16. The van der Waals surface area contributed by atoms with Gasteiger partial charge in [0.1, 0.15) is 0 Å². The van der Waals surface area contributed by atoms with Gasteiger partial charge in [-0.05, 0) is 39.8 Å². The fourth-order valence-electron chi connectivity index (χ4n) is 3.09. The molecule has 0 fully saturated rings. The standard InChI is InChI=1S/C21H16/c1-2-8-16(9-3-1)20-12-6-7-13-21(20)19-14-17-10-4-5-11-18(17)15-19/h1-14H,15H2.